The van der Waals surface area contributed by atoms with Crippen molar-refractivity contribution in [3.8, 4) is 5.75 Å². The fourth-order valence-electron chi connectivity index (χ4n) is 4.20. The summed E-state index contributed by atoms with van der Waals surface area (Å²) in [5.41, 5.74) is 2.98. The summed E-state index contributed by atoms with van der Waals surface area (Å²) in [6, 6.07) is 12.4. The van der Waals surface area contributed by atoms with Crippen LogP contribution in [-0.4, -0.2) is 58.3 Å². The molecule has 2 aromatic carbocycles. The molecule has 5 rings (SSSR count). The van der Waals surface area contributed by atoms with E-state index in [2.05, 4.69) is 30.8 Å². The Labute approximate surface area is 203 Å². The van der Waals surface area contributed by atoms with Crippen molar-refractivity contribution in [1.82, 2.24) is 9.97 Å². The van der Waals surface area contributed by atoms with Gasteiger partial charge in [-0.1, -0.05) is 12.1 Å². The van der Waals surface area contributed by atoms with Crippen molar-refractivity contribution < 1.29 is 17.9 Å². The van der Waals surface area contributed by atoms with Crippen LogP contribution in [0.2, 0.25) is 0 Å². The third kappa shape index (κ3) is 4.94. The Hall–Kier alpha value is -3.61. The fourth-order valence-corrected chi connectivity index (χ4v) is 4.89. The van der Waals surface area contributed by atoms with E-state index in [1.165, 1.54) is 6.07 Å². The molecular weight excluding hydrogens is 470 g/mol. The lowest BCUT2D eigenvalue weighted by Gasteiger charge is -2.29. The summed E-state index contributed by atoms with van der Waals surface area (Å²) >= 11 is 0. The largest absolute Gasteiger partial charge is 0.494 e. The van der Waals surface area contributed by atoms with Crippen LogP contribution in [-0.2, 0) is 21.2 Å². The van der Waals surface area contributed by atoms with Gasteiger partial charge in [0.05, 0.1) is 31.7 Å². The van der Waals surface area contributed by atoms with Gasteiger partial charge in [-0.15, -0.1) is 0 Å². The zero-order valence-electron chi connectivity index (χ0n) is 19.2. The van der Waals surface area contributed by atoms with Crippen molar-refractivity contribution in [3.05, 3.63) is 48.0 Å². The third-order valence-corrected chi connectivity index (χ3v) is 6.90. The van der Waals surface area contributed by atoms with E-state index in [0.717, 1.165) is 24.3 Å². The van der Waals surface area contributed by atoms with Crippen molar-refractivity contribution in [2.75, 3.05) is 60.8 Å². The maximum absolute atomic E-state index is 12.1. The Balaban J connectivity index is 1.46. The van der Waals surface area contributed by atoms with E-state index in [1.54, 1.807) is 25.3 Å². The Morgan fingerprint density at radius 2 is 1.89 bits per heavy atom. The summed E-state index contributed by atoms with van der Waals surface area (Å²) in [5, 5.41) is 15.0. The minimum absolute atomic E-state index is 0.00630. The molecule has 0 aliphatic carbocycles. The van der Waals surface area contributed by atoms with Crippen molar-refractivity contribution >= 4 is 44.7 Å². The zero-order chi connectivity index (χ0) is 24.4. The van der Waals surface area contributed by atoms with Crippen LogP contribution < -0.4 is 30.7 Å². The number of nitrogens with two attached hydrogens (primary N) is 1. The number of hydrogen-bond donors (Lipinski definition) is 4. The highest BCUT2D eigenvalue weighted by Gasteiger charge is 2.22. The monoisotopic (exact) mass is 497 g/mol. The molecule has 5 N–H and O–H groups in total. The number of sulfonamides is 1. The molecule has 0 bridgehead atoms. The average molecular weight is 498 g/mol. The van der Waals surface area contributed by atoms with Gasteiger partial charge >= 0.3 is 0 Å². The van der Waals surface area contributed by atoms with Crippen LogP contribution in [0, 0.1) is 0 Å². The first-order valence-electron chi connectivity index (χ1n) is 11.2. The topological polar surface area (TPSA) is 144 Å². The number of nitrogens with zero attached hydrogens (tertiary/aromatic N) is 3. The summed E-state index contributed by atoms with van der Waals surface area (Å²) in [4.78, 5) is 11.5. The summed E-state index contributed by atoms with van der Waals surface area (Å²) < 4.78 is 35.2. The highest BCUT2D eigenvalue weighted by molar-refractivity contribution is 7.89. The normalized spacial score (nSPS) is 15.3. The van der Waals surface area contributed by atoms with Gasteiger partial charge in [0.15, 0.2) is 0 Å². The molecule has 11 nitrogen and oxygen atoms in total. The number of ether oxygens (including phenoxy) is 2. The van der Waals surface area contributed by atoms with Gasteiger partial charge in [-0.25, -0.2) is 13.6 Å². The lowest BCUT2D eigenvalue weighted by molar-refractivity contribution is 0.122. The first-order valence-corrected chi connectivity index (χ1v) is 12.8. The van der Waals surface area contributed by atoms with Gasteiger partial charge in [-0.05, 0) is 30.7 Å². The smallest absolute Gasteiger partial charge is 0.240 e. The Morgan fingerprint density at radius 1 is 1.09 bits per heavy atom. The van der Waals surface area contributed by atoms with Crippen molar-refractivity contribution in [2.24, 2.45) is 5.14 Å². The van der Waals surface area contributed by atoms with Crippen molar-refractivity contribution in [1.29, 1.82) is 0 Å². The number of aromatic nitrogens is 2. The molecule has 12 heteroatoms. The van der Waals surface area contributed by atoms with Crippen LogP contribution in [0.1, 0.15) is 5.56 Å². The highest BCUT2D eigenvalue weighted by Crippen LogP contribution is 2.35. The zero-order valence-corrected chi connectivity index (χ0v) is 20.1. The van der Waals surface area contributed by atoms with E-state index >= 15 is 0 Å². The maximum atomic E-state index is 12.1. The summed E-state index contributed by atoms with van der Waals surface area (Å²) in [5.74, 6) is 2.18. The Kier molecular flexibility index (Phi) is 6.32. The highest BCUT2D eigenvalue weighted by atomic mass is 32.2. The Morgan fingerprint density at radius 3 is 2.66 bits per heavy atom. The number of methoxy groups -OCH3 is 1. The van der Waals surface area contributed by atoms with Crippen LogP contribution >= 0.6 is 0 Å². The molecule has 1 saturated heterocycles. The van der Waals surface area contributed by atoms with E-state index in [1.807, 2.05) is 18.2 Å². The standard InChI is InChI=1S/C23H27N7O4S/c1-33-19-14-15(30-10-12-34-13-11-30)6-7-17(19)27-23-28-21-16(8-9-25-21)22(29-23)26-18-4-2-3-5-20(18)35(24,31)32/h2-7,14H,8-13H2,1H3,(H2,24,31,32)(H3,25,26,27,28,29). The summed E-state index contributed by atoms with van der Waals surface area (Å²) in [7, 11) is -2.30. The van der Waals surface area contributed by atoms with Gasteiger partial charge in [0.2, 0.25) is 16.0 Å². The van der Waals surface area contributed by atoms with E-state index in [4.69, 9.17) is 14.6 Å². The third-order valence-electron chi connectivity index (χ3n) is 5.93. The molecule has 0 atom stereocenters. The number of para-hydroxylation sites is 1. The minimum Gasteiger partial charge on any atom is -0.494 e. The van der Waals surface area contributed by atoms with Gasteiger partial charge in [0.25, 0.3) is 0 Å². The van der Waals surface area contributed by atoms with Gasteiger partial charge in [0, 0.05) is 37.0 Å². The number of hydrogen-bond acceptors (Lipinski definition) is 10. The number of benzene rings is 2. The minimum atomic E-state index is -3.91. The van der Waals surface area contributed by atoms with Crippen LogP contribution in [0.4, 0.5) is 34.6 Å². The molecule has 35 heavy (non-hydrogen) atoms. The molecule has 1 fully saturated rings. The van der Waals surface area contributed by atoms with Crippen molar-refractivity contribution in [2.45, 2.75) is 11.3 Å². The second-order valence-corrected chi connectivity index (χ2v) is 9.70. The van der Waals surface area contributed by atoms with E-state index in [-0.39, 0.29) is 4.90 Å². The molecule has 3 heterocycles. The van der Waals surface area contributed by atoms with Gasteiger partial charge in [-0.3, -0.25) is 0 Å². The van der Waals surface area contributed by atoms with Crippen LogP contribution in [0.3, 0.4) is 0 Å². The van der Waals surface area contributed by atoms with Crippen molar-refractivity contribution in [3.63, 3.8) is 0 Å². The lowest BCUT2D eigenvalue weighted by atomic mass is 10.2. The molecule has 184 valence electrons. The van der Waals surface area contributed by atoms with Gasteiger partial charge < -0.3 is 30.3 Å². The first kappa shape index (κ1) is 23.1. The Bertz CT molecular complexity index is 1340. The molecule has 0 radical (unpaired) electrons. The number of rotatable bonds is 7. The molecule has 2 aliphatic heterocycles. The molecule has 1 aromatic heterocycles. The quantitative estimate of drug-likeness (QED) is 0.384. The van der Waals surface area contributed by atoms with E-state index < -0.39 is 10.0 Å². The molecule has 0 amide bonds. The summed E-state index contributed by atoms with van der Waals surface area (Å²) in [6.45, 7) is 3.75. The number of anilines is 6. The average Bonchev–Trinajstić information content (AvgIpc) is 3.33. The van der Waals surface area contributed by atoms with Crippen LogP contribution in [0.5, 0.6) is 5.75 Å². The van der Waals surface area contributed by atoms with Gasteiger partial charge in [-0.2, -0.15) is 9.97 Å². The van der Waals surface area contributed by atoms with Gasteiger partial charge in [0.1, 0.15) is 22.3 Å². The number of fused-ring (bicyclic) bond motifs is 1. The summed E-state index contributed by atoms with van der Waals surface area (Å²) in [6.07, 6.45) is 0.701. The molecule has 2 aliphatic rings. The SMILES string of the molecule is COc1cc(N2CCOCC2)ccc1Nc1nc2c(c(Nc3ccccc3S(N)(=O)=O)n1)CCN2. The van der Waals surface area contributed by atoms with Crippen LogP contribution in [0.25, 0.3) is 0 Å². The lowest BCUT2D eigenvalue weighted by Crippen LogP contribution is -2.36. The van der Waals surface area contributed by atoms with Crippen LogP contribution in [0.15, 0.2) is 47.4 Å². The number of nitrogens with one attached hydrogen (secondary N) is 3. The first-order chi connectivity index (χ1) is 16.9. The molecule has 0 saturated carbocycles. The molecular formula is C23H27N7O4S. The predicted octanol–water partition coefficient (Wildman–Crippen LogP) is 2.42. The van der Waals surface area contributed by atoms with E-state index in [9.17, 15) is 8.42 Å². The molecule has 3 aromatic rings. The molecule has 0 spiro atoms. The second-order valence-electron chi connectivity index (χ2n) is 8.17. The second kappa shape index (κ2) is 9.56. The fraction of sp³-hybridized carbons (Fsp3) is 0.304. The number of morpholine rings is 1. The molecule has 0 unspecified atom stereocenters. The predicted molar refractivity (Wildman–Crippen MR) is 135 cm³/mol. The maximum Gasteiger partial charge on any atom is 0.240 e. The van der Waals surface area contributed by atoms with E-state index in [0.29, 0.717) is 60.9 Å². The number of primary sulfonamides is 1.